The van der Waals surface area contributed by atoms with Crippen molar-refractivity contribution in [1.29, 1.82) is 0 Å². The van der Waals surface area contributed by atoms with Gasteiger partial charge in [0.15, 0.2) is 11.6 Å². The van der Waals surface area contributed by atoms with Gasteiger partial charge >= 0.3 is 0 Å². The molecule has 0 aliphatic rings. The van der Waals surface area contributed by atoms with E-state index in [-0.39, 0.29) is 11.8 Å². The molecule has 2 aromatic rings. The van der Waals surface area contributed by atoms with Crippen molar-refractivity contribution in [3.05, 3.63) is 35.1 Å². The third-order valence-electron chi connectivity index (χ3n) is 2.67. The van der Waals surface area contributed by atoms with Gasteiger partial charge in [-0.2, -0.15) is 9.97 Å². The zero-order valence-corrected chi connectivity index (χ0v) is 15.5. The molecule has 1 aromatic carbocycles. The Morgan fingerprint density at radius 2 is 1.83 bits per heavy atom. The highest BCUT2D eigenvalue weighted by Crippen LogP contribution is 2.37. The van der Waals surface area contributed by atoms with E-state index in [1.165, 1.54) is 0 Å². The standard InChI is InChI=1S/C14H15Cl4N5/c1-13(2,19)7-20-12-22-10(8-4-3-5-9(15)6-8)21-11(23-12)14(16,17)18/h3-6H,7,19H2,1-2H3,(H,20,21,22,23). The van der Waals surface area contributed by atoms with Gasteiger partial charge < -0.3 is 11.1 Å². The largest absolute Gasteiger partial charge is 0.352 e. The van der Waals surface area contributed by atoms with Crippen molar-refractivity contribution in [2.45, 2.75) is 23.2 Å². The zero-order valence-electron chi connectivity index (χ0n) is 12.4. The maximum atomic E-state index is 6.00. The van der Waals surface area contributed by atoms with Crippen LogP contribution >= 0.6 is 46.4 Å². The first-order valence-corrected chi connectivity index (χ1v) is 8.18. The van der Waals surface area contributed by atoms with Crippen LogP contribution in [0.3, 0.4) is 0 Å². The molecule has 0 bridgehead atoms. The second-order valence-electron chi connectivity index (χ2n) is 5.66. The summed E-state index contributed by atoms with van der Waals surface area (Å²) in [5.74, 6) is 0.640. The average Bonchev–Trinajstić information content (AvgIpc) is 2.43. The third-order valence-corrected chi connectivity index (χ3v) is 3.42. The molecule has 23 heavy (non-hydrogen) atoms. The lowest BCUT2D eigenvalue weighted by molar-refractivity contribution is 0.547. The van der Waals surface area contributed by atoms with Crippen LogP contribution in [0.15, 0.2) is 24.3 Å². The monoisotopic (exact) mass is 393 g/mol. The minimum atomic E-state index is -1.77. The summed E-state index contributed by atoms with van der Waals surface area (Å²) in [6.45, 7) is 4.18. The summed E-state index contributed by atoms with van der Waals surface area (Å²) in [7, 11) is 0. The van der Waals surface area contributed by atoms with Crippen molar-refractivity contribution < 1.29 is 0 Å². The Labute approximate surface area is 154 Å². The number of nitrogens with one attached hydrogen (secondary N) is 1. The van der Waals surface area contributed by atoms with Crippen LogP contribution in [0.5, 0.6) is 0 Å². The van der Waals surface area contributed by atoms with E-state index in [9.17, 15) is 0 Å². The lowest BCUT2D eigenvalue weighted by atomic mass is 10.1. The first kappa shape index (κ1) is 18.5. The molecule has 2 rings (SSSR count). The molecule has 0 spiro atoms. The van der Waals surface area contributed by atoms with Crippen LogP contribution in [0.25, 0.3) is 11.4 Å². The number of alkyl halides is 3. The molecule has 1 heterocycles. The number of hydrogen-bond donors (Lipinski definition) is 2. The summed E-state index contributed by atoms with van der Waals surface area (Å²) in [5.41, 5.74) is 6.18. The molecular formula is C14H15Cl4N5. The molecule has 0 unspecified atom stereocenters. The molecule has 0 aliphatic heterocycles. The second-order valence-corrected chi connectivity index (χ2v) is 8.37. The van der Waals surface area contributed by atoms with Crippen molar-refractivity contribution in [3.8, 4) is 11.4 Å². The second kappa shape index (κ2) is 6.95. The minimum Gasteiger partial charge on any atom is -0.352 e. The van der Waals surface area contributed by atoms with Gasteiger partial charge in [-0.15, -0.1) is 0 Å². The molecule has 0 fully saturated rings. The van der Waals surface area contributed by atoms with Gasteiger partial charge in [-0.05, 0) is 26.0 Å². The fourth-order valence-corrected chi connectivity index (χ4v) is 2.09. The predicted octanol–water partition coefficient (Wildman–Crippen LogP) is 4.17. The Bertz CT molecular complexity index is 694. The number of hydrogen-bond acceptors (Lipinski definition) is 5. The number of nitrogens with zero attached hydrogens (tertiary/aromatic N) is 3. The molecule has 3 N–H and O–H groups in total. The van der Waals surface area contributed by atoms with Crippen LogP contribution in [-0.4, -0.2) is 27.0 Å². The van der Waals surface area contributed by atoms with Gasteiger partial charge in [-0.25, -0.2) is 4.98 Å². The Hall–Kier alpha value is -0.850. The number of anilines is 1. The molecule has 9 heteroatoms. The fraction of sp³-hybridized carbons (Fsp3) is 0.357. The van der Waals surface area contributed by atoms with Gasteiger partial charge in [0.05, 0.1) is 0 Å². The predicted molar refractivity (Wildman–Crippen MR) is 96.3 cm³/mol. The highest BCUT2D eigenvalue weighted by molar-refractivity contribution is 6.66. The SMILES string of the molecule is CC(C)(N)CNc1nc(-c2cccc(Cl)c2)nc(C(Cl)(Cl)Cl)n1. The fourth-order valence-electron chi connectivity index (χ4n) is 1.65. The number of aromatic nitrogens is 3. The van der Waals surface area contributed by atoms with Crippen molar-refractivity contribution in [2.75, 3.05) is 11.9 Å². The lowest BCUT2D eigenvalue weighted by Gasteiger charge is -2.20. The van der Waals surface area contributed by atoms with Gasteiger partial charge in [0.2, 0.25) is 9.74 Å². The average molecular weight is 395 g/mol. The highest BCUT2D eigenvalue weighted by Gasteiger charge is 2.28. The summed E-state index contributed by atoms with van der Waals surface area (Å²) in [6, 6.07) is 7.06. The van der Waals surface area contributed by atoms with Crippen LogP contribution in [0.1, 0.15) is 19.7 Å². The smallest absolute Gasteiger partial charge is 0.250 e. The highest BCUT2D eigenvalue weighted by atomic mass is 35.6. The van der Waals surface area contributed by atoms with Crippen LogP contribution in [0, 0.1) is 0 Å². The minimum absolute atomic E-state index is 0.0183. The van der Waals surface area contributed by atoms with Crippen molar-refractivity contribution in [1.82, 2.24) is 15.0 Å². The maximum absolute atomic E-state index is 6.00. The molecule has 1 aromatic heterocycles. The Kier molecular flexibility index (Phi) is 5.59. The molecule has 0 amide bonds. The van der Waals surface area contributed by atoms with Gasteiger partial charge in [0.25, 0.3) is 0 Å². The summed E-state index contributed by atoms with van der Waals surface area (Å²) < 4.78 is -1.77. The van der Waals surface area contributed by atoms with Gasteiger partial charge in [-0.1, -0.05) is 58.5 Å². The number of nitrogens with two attached hydrogens (primary N) is 1. The number of halogens is 4. The number of benzene rings is 1. The van der Waals surface area contributed by atoms with Crippen molar-refractivity contribution >= 4 is 52.4 Å². The molecule has 0 aliphatic carbocycles. The Balaban J connectivity index is 2.45. The van der Waals surface area contributed by atoms with E-state index in [1.807, 2.05) is 13.8 Å². The van der Waals surface area contributed by atoms with Crippen LogP contribution in [0.2, 0.25) is 5.02 Å². The summed E-state index contributed by atoms with van der Waals surface area (Å²) in [5, 5.41) is 3.58. The van der Waals surface area contributed by atoms with Gasteiger partial charge in [0, 0.05) is 22.7 Å². The molecular weight excluding hydrogens is 380 g/mol. The molecule has 5 nitrogen and oxygen atoms in total. The third kappa shape index (κ3) is 5.62. The van der Waals surface area contributed by atoms with Gasteiger partial charge in [0.1, 0.15) is 0 Å². The van der Waals surface area contributed by atoms with E-state index < -0.39 is 9.33 Å². The van der Waals surface area contributed by atoms with Gasteiger partial charge in [-0.3, -0.25) is 0 Å². The topological polar surface area (TPSA) is 76.7 Å². The molecule has 0 saturated heterocycles. The maximum Gasteiger partial charge on any atom is 0.250 e. The van der Waals surface area contributed by atoms with E-state index in [0.29, 0.717) is 23.0 Å². The lowest BCUT2D eigenvalue weighted by Crippen LogP contribution is -2.40. The van der Waals surface area contributed by atoms with Crippen molar-refractivity contribution in [2.24, 2.45) is 5.73 Å². The van der Waals surface area contributed by atoms with E-state index in [2.05, 4.69) is 20.3 Å². The number of rotatable bonds is 4. The first-order valence-electron chi connectivity index (χ1n) is 6.66. The quantitative estimate of drug-likeness (QED) is 0.761. The summed E-state index contributed by atoms with van der Waals surface area (Å²) in [4.78, 5) is 12.7. The first-order chi connectivity index (χ1) is 10.5. The normalized spacial score (nSPS) is 12.3. The van der Waals surface area contributed by atoms with E-state index in [0.717, 1.165) is 0 Å². The molecule has 124 valence electrons. The van der Waals surface area contributed by atoms with Crippen LogP contribution in [0.4, 0.5) is 5.95 Å². The van der Waals surface area contributed by atoms with Crippen LogP contribution in [-0.2, 0) is 3.79 Å². The summed E-state index contributed by atoms with van der Waals surface area (Å²) >= 11 is 23.7. The van der Waals surface area contributed by atoms with E-state index >= 15 is 0 Å². The van der Waals surface area contributed by atoms with E-state index in [1.54, 1.807) is 24.3 Å². The van der Waals surface area contributed by atoms with Crippen LogP contribution < -0.4 is 11.1 Å². The summed E-state index contributed by atoms with van der Waals surface area (Å²) in [6.07, 6.45) is 0. The van der Waals surface area contributed by atoms with Crippen molar-refractivity contribution in [3.63, 3.8) is 0 Å². The Morgan fingerprint density at radius 3 is 2.39 bits per heavy atom. The molecule has 0 atom stereocenters. The van der Waals surface area contributed by atoms with E-state index in [4.69, 9.17) is 52.1 Å². The molecule has 0 saturated carbocycles. The Morgan fingerprint density at radius 1 is 1.13 bits per heavy atom. The zero-order chi connectivity index (χ0) is 17.3. The molecule has 0 radical (unpaired) electrons.